The van der Waals surface area contributed by atoms with Gasteiger partial charge in [-0.05, 0) is 23.8 Å². The van der Waals surface area contributed by atoms with Gasteiger partial charge >= 0.3 is 5.97 Å². The van der Waals surface area contributed by atoms with E-state index in [4.69, 9.17) is 14.6 Å². The number of methoxy groups -OCH3 is 2. The number of carboxylic acid groups (broad SMARTS) is 1. The van der Waals surface area contributed by atoms with Gasteiger partial charge in [0.25, 0.3) is 0 Å². The van der Waals surface area contributed by atoms with E-state index in [-0.39, 0.29) is 12.5 Å². The third-order valence-corrected chi connectivity index (χ3v) is 2.84. The minimum atomic E-state index is -0.945. The highest BCUT2D eigenvalue weighted by atomic mass is 16.5. The average Bonchev–Trinajstić information content (AvgIpc) is 2.49. The van der Waals surface area contributed by atoms with Crippen LogP contribution in [0.25, 0.3) is 6.08 Å². The molecule has 0 saturated heterocycles. The van der Waals surface area contributed by atoms with Gasteiger partial charge in [-0.3, -0.25) is 9.59 Å². The maximum atomic E-state index is 11.6. The fourth-order valence-corrected chi connectivity index (χ4v) is 1.53. The normalized spacial score (nSPS) is 12.0. The van der Waals surface area contributed by atoms with Crippen molar-refractivity contribution in [2.24, 2.45) is 5.92 Å². The van der Waals surface area contributed by atoms with Crippen LogP contribution in [0.2, 0.25) is 0 Å². The Morgan fingerprint density at radius 1 is 1.29 bits per heavy atom. The van der Waals surface area contributed by atoms with Crippen molar-refractivity contribution in [3.05, 3.63) is 29.8 Å². The lowest BCUT2D eigenvalue weighted by atomic mass is 10.1. The van der Waals surface area contributed by atoms with Crippen LogP contribution >= 0.6 is 0 Å². The number of carboxylic acids is 1. The first-order valence-electron chi connectivity index (χ1n) is 6.38. The summed E-state index contributed by atoms with van der Waals surface area (Å²) < 4.78 is 10.3. The molecule has 21 heavy (non-hydrogen) atoms. The Morgan fingerprint density at radius 2 is 1.95 bits per heavy atom. The van der Waals surface area contributed by atoms with Gasteiger partial charge in [0.05, 0.1) is 20.1 Å². The number of benzene rings is 1. The molecule has 2 N–H and O–H groups in total. The number of ether oxygens (including phenoxy) is 2. The van der Waals surface area contributed by atoms with E-state index in [1.807, 2.05) is 0 Å². The second-order valence-electron chi connectivity index (χ2n) is 4.43. The number of amides is 1. The number of aliphatic carboxylic acids is 1. The molecular formula is C15H19NO5. The van der Waals surface area contributed by atoms with Gasteiger partial charge in [-0.2, -0.15) is 0 Å². The minimum Gasteiger partial charge on any atom is -0.493 e. The molecule has 1 aromatic rings. The number of hydrogen-bond donors (Lipinski definition) is 2. The molecule has 0 aliphatic carbocycles. The zero-order chi connectivity index (χ0) is 15.8. The van der Waals surface area contributed by atoms with Crippen LogP contribution < -0.4 is 14.8 Å². The molecule has 1 amide bonds. The molecule has 0 fully saturated rings. The number of nitrogens with one attached hydrogen (secondary N) is 1. The van der Waals surface area contributed by atoms with Gasteiger partial charge in [-0.25, -0.2) is 0 Å². The Hall–Kier alpha value is -2.50. The first-order valence-corrected chi connectivity index (χ1v) is 6.38. The predicted molar refractivity (Wildman–Crippen MR) is 78.4 cm³/mol. The summed E-state index contributed by atoms with van der Waals surface area (Å²) in [6, 6.07) is 5.26. The van der Waals surface area contributed by atoms with Gasteiger partial charge in [0.15, 0.2) is 11.5 Å². The van der Waals surface area contributed by atoms with Crippen LogP contribution in [0.1, 0.15) is 12.5 Å². The van der Waals surface area contributed by atoms with Gasteiger partial charge in [-0.1, -0.05) is 13.0 Å². The van der Waals surface area contributed by atoms with E-state index in [1.54, 1.807) is 31.4 Å². The maximum absolute atomic E-state index is 11.6. The Labute approximate surface area is 123 Å². The summed E-state index contributed by atoms with van der Waals surface area (Å²) in [5, 5.41) is 11.2. The van der Waals surface area contributed by atoms with Crippen molar-refractivity contribution >= 4 is 18.0 Å². The highest BCUT2D eigenvalue weighted by molar-refractivity contribution is 5.92. The lowest BCUT2D eigenvalue weighted by Gasteiger charge is -2.08. The van der Waals surface area contributed by atoms with Crippen LogP contribution in [0.3, 0.4) is 0 Å². The lowest BCUT2D eigenvalue weighted by molar-refractivity contribution is -0.141. The summed E-state index contributed by atoms with van der Waals surface area (Å²) >= 11 is 0. The van der Waals surface area contributed by atoms with E-state index in [2.05, 4.69) is 5.32 Å². The maximum Gasteiger partial charge on any atom is 0.308 e. The molecule has 1 unspecified atom stereocenters. The molecule has 1 rings (SSSR count). The SMILES string of the molecule is COc1ccc(C=CC(=O)NCC(C)C(=O)O)cc1OC. The van der Waals surface area contributed by atoms with E-state index >= 15 is 0 Å². The summed E-state index contributed by atoms with van der Waals surface area (Å²) in [6.45, 7) is 1.62. The fourth-order valence-electron chi connectivity index (χ4n) is 1.53. The number of carbonyl (C=O) groups excluding carboxylic acids is 1. The molecule has 0 aliphatic heterocycles. The third kappa shape index (κ3) is 5.18. The van der Waals surface area contributed by atoms with Crippen LogP contribution in [-0.2, 0) is 9.59 Å². The van der Waals surface area contributed by atoms with Crippen LogP contribution in [-0.4, -0.2) is 37.7 Å². The molecule has 1 atom stereocenters. The van der Waals surface area contributed by atoms with Crippen molar-refractivity contribution in [2.45, 2.75) is 6.92 Å². The van der Waals surface area contributed by atoms with Gasteiger partial charge in [0, 0.05) is 12.6 Å². The van der Waals surface area contributed by atoms with Crippen molar-refractivity contribution in [2.75, 3.05) is 20.8 Å². The van der Waals surface area contributed by atoms with Crippen molar-refractivity contribution in [3.8, 4) is 11.5 Å². The van der Waals surface area contributed by atoms with Crippen LogP contribution in [0, 0.1) is 5.92 Å². The highest BCUT2D eigenvalue weighted by Gasteiger charge is 2.10. The molecule has 0 radical (unpaired) electrons. The second kappa shape index (κ2) is 7.94. The van der Waals surface area contributed by atoms with Gasteiger partial charge in [-0.15, -0.1) is 0 Å². The molecule has 0 aliphatic rings. The van der Waals surface area contributed by atoms with Crippen molar-refractivity contribution in [1.82, 2.24) is 5.32 Å². The average molecular weight is 293 g/mol. The molecule has 6 nitrogen and oxygen atoms in total. The van der Waals surface area contributed by atoms with Crippen molar-refractivity contribution < 1.29 is 24.2 Å². The van der Waals surface area contributed by atoms with Gasteiger partial charge < -0.3 is 19.9 Å². The smallest absolute Gasteiger partial charge is 0.308 e. The Kier molecular flexibility index (Phi) is 6.26. The van der Waals surface area contributed by atoms with E-state index in [0.717, 1.165) is 5.56 Å². The molecule has 0 spiro atoms. The molecule has 6 heteroatoms. The lowest BCUT2D eigenvalue weighted by Crippen LogP contribution is -2.30. The van der Waals surface area contributed by atoms with Crippen LogP contribution in [0.5, 0.6) is 11.5 Å². The van der Waals surface area contributed by atoms with Crippen molar-refractivity contribution in [3.63, 3.8) is 0 Å². The minimum absolute atomic E-state index is 0.0877. The van der Waals surface area contributed by atoms with Crippen LogP contribution in [0.15, 0.2) is 24.3 Å². The molecule has 0 aromatic heterocycles. The largest absolute Gasteiger partial charge is 0.493 e. The summed E-state index contributed by atoms with van der Waals surface area (Å²) in [5.74, 6) is -0.741. The first kappa shape index (κ1) is 16.6. The van der Waals surface area contributed by atoms with E-state index in [9.17, 15) is 9.59 Å². The number of rotatable bonds is 7. The zero-order valence-electron chi connectivity index (χ0n) is 12.3. The summed E-state index contributed by atoms with van der Waals surface area (Å²) in [4.78, 5) is 22.2. The molecule has 0 saturated carbocycles. The second-order valence-corrected chi connectivity index (χ2v) is 4.43. The predicted octanol–water partition coefficient (Wildman–Crippen LogP) is 1.55. The monoisotopic (exact) mass is 293 g/mol. The van der Waals surface area contributed by atoms with E-state index < -0.39 is 11.9 Å². The highest BCUT2D eigenvalue weighted by Crippen LogP contribution is 2.27. The quantitative estimate of drug-likeness (QED) is 0.745. The van der Waals surface area contributed by atoms with E-state index in [1.165, 1.54) is 20.1 Å². The van der Waals surface area contributed by atoms with Gasteiger partial charge in [0.1, 0.15) is 0 Å². The summed E-state index contributed by atoms with van der Waals surface area (Å²) in [7, 11) is 3.08. The fraction of sp³-hybridized carbons (Fsp3) is 0.333. The Morgan fingerprint density at radius 3 is 2.52 bits per heavy atom. The molecular weight excluding hydrogens is 274 g/mol. The van der Waals surface area contributed by atoms with Gasteiger partial charge in [0.2, 0.25) is 5.91 Å². The summed E-state index contributed by atoms with van der Waals surface area (Å²) in [5.41, 5.74) is 0.772. The molecule has 1 aromatic carbocycles. The Balaban J connectivity index is 2.64. The number of hydrogen-bond acceptors (Lipinski definition) is 4. The molecule has 0 bridgehead atoms. The third-order valence-electron chi connectivity index (χ3n) is 2.84. The van der Waals surface area contributed by atoms with E-state index in [0.29, 0.717) is 11.5 Å². The zero-order valence-corrected chi connectivity index (χ0v) is 12.3. The molecule has 0 heterocycles. The topological polar surface area (TPSA) is 84.9 Å². The molecule has 114 valence electrons. The Bertz CT molecular complexity index is 539. The van der Waals surface area contributed by atoms with Crippen LogP contribution in [0.4, 0.5) is 0 Å². The number of carbonyl (C=O) groups is 2. The van der Waals surface area contributed by atoms with Crippen molar-refractivity contribution in [1.29, 1.82) is 0 Å². The standard InChI is InChI=1S/C15H19NO5/c1-10(15(18)19)9-16-14(17)7-5-11-4-6-12(20-2)13(8-11)21-3/h4-8,10H,9H2,1-3H3,(H,16,17)(H,18,19). The summed E-state index contributed by atoms with van der Waals surface area (Å²) in [6.07, 6.45) is 2.96. The first-order chi connectivity index (χ1) is 9.97.